The SMILES string of the molecule is CC(=O)N[C@@H](CC(=O)O)C(=O)N[C@@H](CS)C(=O)NCC(N)=O. The summed E-state index contributed by atoms with van der Waals surface area (Å²) >= 11 is 3.89. The molecule has 0 aromatic heterocycles. The maximum absolute atomic E-state index is 11.9. The fraction of sp³-hybridized carbons (Fsp3) is 0.545. The summed E-state index contributed by atoms with van der Waals surface area (Å²) in [6.45, 7) is 0.709. The Morgan fingerprint density at radius 2 is 1.68 bits per heavy atom. The van der Waals surface area contributed by atoms with E-state index in [1.165, 1.54) is 0 Å². The minimum absolute atomic E-state index is 0.101. The van der Waals surface area contributed by atoms with Crippen LogP contribution in [0.5, 0.6) is 0 Å². The minimum atomic E-state index is -1.33. The average Bonchev–Trinajstić information content (AvgIpc) is 2.39. The lowest BCUT2D eigenvalue weighted by molar-refractivity contribution is -0.140. The second kappa shape index (κ2) is 9.60. The van der Waals surface area contributed by atoms with Gasteiger partial charge in [0.2, 0.25) is 23.6 Å². The van der Waals surface area contributed by atoms with Crippen LogP contribution in [0.2, 0.25) is 0 Å². The largest absolute Gasteiger partial charge is 0.481 e. The molecular formula is C11H18N4O6S. The number of carboxylic acids is 1. The molecule has 0 saturated carbocycles. The Labute approximate surface area is 131 Å². The van der Waals surface area contributed by atoms with E-state index in [4.69, 9.17) is 10.8 Å². The van der Waals surface area contributed by atoms with Gasteiger partial charge in [0.15, 0.2) is 0 Å². The zero-order valence-electron chi connectivity index (χ0n) is 11.8. The number of amides is 4. The van der Waals surface area contributed by atoms with E-state index in [1.807, 2.05) is 0 Å². The number of carbonyl (C=O) groups is 5. The Morgan fingerprint density at radius 1 is 1.09 bits per heavy atom. The number of carboxylic acid groups (broad SMARTS) is 1. The molecule has 0 aromatic rings. The smallest absolute Gasteiger partial charge is 0.305 e. The van der Waals surface area contributed by atoms with Crippen LogP contribution < -0.4 is 21.7 Å². The molecule has 0 aliphatic heterocycles. The number of nitrogens with two attached hydrogens (primary N) is 1. The second-order valence-electron chi connectivity index (χ2n) is 4.28. The number of aliphatic carboxylic acids is 1. The molecule has 0 aliphatic rings. The third kappa shape index (κ3) is 8.09. The van der Waals surface area contributed by atoms with Crippen molar-refractivity contribution in [3.8, 4) is 0 Å². The average molecular weight is 334 g/mol. The zero-order valence-corrected chi connectivity index (χ0v) is 12.7. The molecule has 2 atom stereocenters. The van der Waals surface area contributed by atoms with E-state index in [0.29, 0.717) is 0 Å². The molecule has 11 heteroatoms. The number of hydrogen-bond donors (Lipinski definition) is 6. The van der Waals surface area contributed by atoms with Gasteiger partial charge in [0.25, 0.3) is 0 Å². The molecule has 0 radical (unpaired) electrons. The first-order chi connectivity index (χ1) is 10.2. The topological polar surface area (TPSA) is 168 Å². The number of rotatable bonds is 9. The van der Waals surface area contributed by atoms with E-state index >= 15 is 0 Å². The highest BCUT2D eigenvalue weighted by molar-refractivity contribution is 7.80. The van der Waals surface area contributed by atoms with Gasteiger partial charge in [0.1, 0.15) is 12.1 Å². The Kier molecular flexibility index (Phi) is 8.60. The summed E-state index contributed by atoms with van der Waals surface area (Å²) in [7, 11) is 0. The van der Waals surface area contributed by atoms with Gasteiger partial charge in [-0.15, -0.1) is 0 Å². The molecule has 124 valence electrons. The monoisotopic (exact) mass is 334 g/mol. The molecule has 0 unspecified atom stereocenters. The van der Waals surface area contributed by atoms with Gasteiger partial charge in [-0.1, -0.05) is 0 Å². The van der Waals surface area contributed by atoms with Crippen LogP contribution in [0.25, 0.3) is 0 Å². The van der Waals surface area contributed by atoms with Crippen LogP contribution in [-0.4, -0.2) is 59.1 Å². The van der Waals surface area contributed by atoms with Crippen molar-refractivity contribution in [1.82, 2.24) is 16.0 Å². The molecule has 0 fully saturated rings. The summed E-state index contributed by atoms with van der Waals surface area (Å²) in [5, 5.41) is 15.3. The van der Waals surface area contributed by atoms with Crippen LogP contribution in [0.4, 0.5) is 0 Å². The summed E-state index contributed by atoms with van der Waals surface area (Å²) in [6, 6.07) is -2.44. The maximum atomic E-state index is 11.9. The molecule has 22 heavy (non-hydrogen) atoms. The van der Waals surface area contributed by atoms with Crippen molar-refractivity contribution >= 4 is 42.2 Å². The fourth-order valence-electron chi connectivity index (χ4n) is 1.39. The molecule has 0 bridgehead atoms. The molecule has 10 nitrogen and oxygen atoms in total. The summed E-state index contributed by atoms with van der Waals surface area (Å²) in [5.74, 6) is -4.32. The van der Waals surface area contributed by atoms with Crippen LogP contribution in [0, 0.1) is 0 Å². The first kappa shape index (κ1) is 19.7. The highest BCUT2D eigenvalue weighted by Gasteiger charge is 2.27. The molecule has 4 amide bonds. The van der Waals surface area contributed by atoms with Crippen molar-refractivity contribution in [2.75, 3.05) is 12.3 Å². The summed E-state index contributed by atoms with van der Waals surface area (Å²) in [6.07, 6.45) is -0.645. The maximum Gasteiger partial charge on any atom is 0.305 e. The van der Waals surface area contributed by atoms with E-state index in [9.17, 15) is 24.0 Å². The quantitative estimate of drug-likeness (QED) is 0.245. The predicted octanol–water partition coefficient (Wildman–Crippen LogP) is -3.02. The van der Waals surface area contributed by atoms with Crippen LogP contribution >= 0.6 is 12.6 Å². The zero-order chi connectivity index (χ0) is 17.3. The molecule has 0 aliphatic carbocycles. The lowest BCUT2D eigenvalue weighted by atomic mass is 10.1. The number of primary amides is 1. The van der Waals surface area contributed by atoms with Crippen molar-refractivity contribution < 1.29 is 29.1 Å². The molecule has 0 saturated heterocycles. The predicted molar refractivity (Wildman–Crippen MR) is 77.8 cm³/mol. The van der Waals surface area contributed by atoms with Crippen molar-refractivity contribution in [1.29, 1.82) is 0 Å². The highest BCUT2D eigenvalue weighted by Crippen LogP contribution is 1.97. The lowest BCUT2D eigenvalue weighted by Crippen LogP contribution is -2.55. The van der Waals surface area contributed by atoms with E-state index in [1.54, 1.807) is 0 Å². The molecule has 0 aromatic carbocycles. The van der Waals surface area contributed by atoms with E-state index in [0.717, 1.165) is 6.92 Å². The normalized spacial score (nSPS) is 12.6. The van der Waals surface area contributed by atoms with Gasteiger partial charge in [-0.3, -0.25) is 24.0 Å². The van der Waals surface area contributed by atoms with Crippen molar-refractivity contribution in [3.63, 3.8) is 0 Å². The number of thiol groups is 1. The van der Waals surface area contributed by atoms with Gasteiger partial charge in [-0.2, -0.15) is 12.6 Å². The van der Waals surface area contributed by atoms with Gasteiger partial charge >= 0.3 is 5.97 Å². The lowest BCUT2D eigenvalue weighted by Gasteiger charge is -2.20. The van der Waals surface area contributed by atoms with Gasteiger partial charge in [0, 0.05) is 12.7 Å². The Bertz CT molecular complexity index is 453. The van der Waals surface area contributed by atoms with Crippen LogP contribution in [-0.2, 0) is 24.0 Å². The summed E-state index contributed by atoms with van der Waals surface area (Å²) < 4.78 is 0. The number of carbonyl (C=O) groups excluding carboxylic acids is 4. The first-order valence-electron chi connectivity index (χ1n) is 6.13. The second-order valence-corrected chi connectivity index (χ2v) is 4.64. The summed E-state index contributed by atoms with van der Waals surface area (Å²) in [4.78, 5) is 55.9. The van der Waals surface area contributed by atoms with Crippen LogP contribution in [0.3, 0.4) is 0 Å². The molecule has 0 rings (SSSR count). The van der Waals surface area contributed by atoms with Crippen LogP contribution in [0.15, 0.2) is 0 Å². The minimum Gasteiger partial charge on any atom is -0.481 e. The Hall–Kier alpha value is -2.30. The number of hydrogen-bond acceptors (Lipinski definition) is 6. The standard InChI is InChI=1S/C11H18N4O6S/c1-5(16)14-6(2-9(18)19)11(21)15-7(4-22)10(20)13-3-8(12)17/h6-7,22H,2-4H2,1H3,(H2,12,17)(H,13,20)(H,14,16)(H,15,21)(H,18,19)/t6-,7-/m0/s1. The Morgan fingerprint density at radius 3 is 2.09 bits per heavy atom. The molecule has 6 N–H and O–H groups in total. The Balaban J connectivity index is 4.77. The molecular weight excluding hydrogens is 316 g/mol. The van der Waals surface area contributed by atoms with Crippen molar-refractivity contribution in [3.05, 3.63) is 0 Å². The van der Waals surface area contributed by atoms with E-state index < -0.39 is 54.6 Å². The van der Waals surface area contributed by atoms with Gasteiger partial charge in [0.05, 0.1) is 13.0 Å². The van der Waals surface area contributed by atoms with Crippen molar-refractivity contribution in [2.45, 2.75) is 25.4 Å². The molecule has 0 heterocycles. The van der Waals surface area contributed by atoms with Gasteiger partial charge < -0.3 is 26.8 Å². The molecule has 0 spiro atoms. The van der Waals surface area contributed by atoms with Crippen LogP contribution in [0.1, 0.15) is 13.3 Å². The van der Waals surface area contributed by atoms with E-state index in [2.05, 4.69) is 28.6 Å². The number of nitrogens with one attached hydrogen (secondary N) is 3. The van der Waals surface area contributed by atoms with Gasteiger partial charge in [-0.05, 0) is 0 Å². The van der Waals surface area contributed by atoms with E-state index in [-0.39, 0.29) is 5.75 Å². The van der Waals surface area contributed by atoms with Crippen molar-refractivity contribution in [2.24, 2.45) is 5.73 Å². The fourth-order valence-corrected chi connectivity index (χ4v) is 1.65. The third-order valence-electron chi connectivity index (χ3n) is 2.33. The first-order valence-corrected chi connectivity index (χ1v) is 6.76. The summed E-state index contributed by atoms with van der Waals surface area (Å²) in [5.41, 5.74) is 4.87. The highest BCUT2D eigenvalue weighted by atomic mass is 32.1. The third-order valence-corrected chi connectivity index (χ3v) is 2.69. The van der Waals surface area contributed by atoms with Gasteiger partial charge in [-0.25, -0.2) is 0 Å².